The molecule has 1 N–H and O–H groups in total. The van der Waals surface area contributed by atoms with E-state index in [1.54, 1.807) is 37.6 Å². The van der Waals surface area contributed by atoms with Crippen molar-refractivity contribution in [1.82, 2.24) is 5.43 Å². The summed E-state index contributed by atoms with van der Waals surface area (Å²) in [5.41, 5.74) is 3.01. The van der Waals surface area contributed by atoms with Crippen molar-refractivity contribution in [1.29, 1.82) is 0 Å². The maximum atomic E-state index is 11.8. The summed E-state index contributed by atoms with van der Waals surface area (Å²) < 4.78 is 6.03. The Morgan fingerprint density at radius 1 is 1.42 bits per heavy atom. The lowest BCUT2D eigenvalue weighted by atomic mass is 10.2. The van der Waals surface area contributed by atoms with Gasteiger partial charge >= 0.3 is 0 Å². The molecule has 0 fully saturated rings. The Hall–Kier alpha value is -1.66. The van der Waals surface area contributed by atoms with Gasteiger partial charge in [-0.25, -0.2) is 5.43 Å². The van der Waals surface area contributed by atoms with E-state index in [4.69, 9.17) is 4.74 Å². The number of ether oxygens (including phenoxy) is 1. The van der Waals surface area contributed by atoms with Crippen LogP contribution in [-0.2, 0) is 0 Å². The summed E-state index contributed by atoms with van der Waals surface area (Å²) in [4.78, 5) is 12.7. The van der Waals surface area contributed by atoms with Crippen molar-refractivity contribution in [3.63, 3.8) is 0 Å². The summed E-state index contributed by atoms with van der Waals surface area (Å²) >= 11 is 4.89. The third-order valence-electron chi connectivity index (χ3n) is 2.30. The Morgan fingerprint density at radius 3 is 2.74 bits per heavy atom. The number of hydrazone groups is 1. The van der Waals surface area contributed by atoms with Crippen LogP contribution in [0.1, 0.15) is 15.2 Å². The lowest BCUT2D eigenvalue weighted by Gasteiger charge is -2.01. The maximum absolute atomic E-state index is 11.8. The number of methoxy groups -OCH3 is 1. The number of carbonyl (C=O) groups is 1. The number of halogens is 1. The van der Waals surface area contributed by atoms with Gasteiger partial charge in [0.2, 0.25) is 0 Å². The number of nitrogens with one attached hydrogen (secondary N) is 1. The summed E-state index contributed by atoms with van der Waals surface area (Å²) in [7, 11) is 1.58. The number of hydrogen-bond acceptors (Lipinski definition) is 4. The molecule has 0 bridgehead atoms. The van der Waals surface area contributed by atoms with Gasteiger partial charge in [0, 0.05) is 20.3 Å². The van der Waals surface area contributed by atoms with E-state index in [-0.39, 0.29) is 5.91 Å². The smallest absolute Gasteiger partial charge is 0.271 e. The Bertz CT molecular complexity index is 593. The first-order chi connectivity index (χ1) is 9.19. The molecule has 0 aliphatic heterocycles. The van der Waals surface area contributed by atoms with Crippen molar-refractivity contribution in [3.8, 4) is 5.75 Å². The van der Waals surface area contributed by atoms with Crippen LogP contribution in [0.4, 0.5) is 0 Å². The Labute approximate surface area is 123 Å². The zero-order valence-electron chi connectivity index (χ0n) is 10.1. The van der Waals surface area contributed by atoms with Crippen LogP contribution in [0.3, 0.4) is 0 Å². The van der Waals surface area contributed by atoms with E-state index in [1.165, 1.54) is 11.3 Å². The summed E-state index contributed by atoms with van der Waals surface area (Å²) in [5.74, 6) is 0.456. The van der Waals surface area contributed by atoms with Crippen molar-refractivity contribution in [2.45, 2.75) is 0 Å². The second kappa shape index (κ2) is 6.49. The molecule has 0 aliphatic rings. The molecule has 1 heterocycles. The fraction of sp³-hybridized carbons (Fsp3) is 0.0769. The van der Waals surface area contributed by atoms with Gasteiger partial charge in [0.1, 0.15) is 5.75 Å². The van der Waals surface area contributed by atoms with Gasteiger partial charge in [-0.05, 0) is 46.3 Å². The molecule has 6 heteroatoms. The van der Waals surface area contributed by atoms with Gasteiger partial charge in [-0.3, -0.25) is 4.79 Å². The molecule has 1 aromatic heterocycles. The third-order valence-corrected chi connectivity index (χ3v) is 3.93. The van der Waals surface area contributed by atoms with Crippen LogP contribution in [-0.4, -0.2) is 19.2 Å². The molecule has 19 heavy (non-hydrogen) atoms. The molecule has 0 unspecified atom stereocenters. The molecule has 0 spiro atoms. The normalized spacial score (nSPS) is 10.6. The molecule has 0 saturated carbocycles. The highest BCUT2D eigenvalue weighted by atomic mass is 79.9. The monoisotopic (exact) mass is 338 g/mol. The van der Waals surface area contributed by atoms with Crippen molar-refractivity contribution in [2.24, 2.45) is 5.10 Å². The number of nitrogens with zero attached hydrogens (tertiary/aromatic N) is 1. The van der Waals surface area contributed by atoms with E-state index >= 15 is 0 Å². The van der Waals surface area contributed by atoms with Crippen molar-refractivity contribution >= 4 is 39.4 Å². The molecular formula is C13H11BrN2O2S. The molecule has 1 aromatic carbocycles. The highest BCUT2D eigenvalue weighted by molar-refractivity contribution is 9.10. The van der Waals surface area contributed by atoms with Gasteiger partial charge in [-0.1, -0.05) is 0 Å². The predicted octanol–water partition coefficient (Wildman–Crippen LogP) is 3.28. The number of benzene rings is 1. The third kappa shape index (κ3) is 3.90. The maximum Gasteiger partial charge on any atom is 0.271 e. The van der Waals surface area contributed by atoms with E-state index in [0.717, 1.165) is 9.35 Å². The van der Waals surface area contributed by atoms with Crippen LogP contribution < -0.4 is 10.2 Å². The van der Waals surface area contributed by atoms with Crippen molar-refractivity contribution in [3.05, 3.63) is 50.6 Å². The van der Waals surface area contributed by atoms with Crippen LogP contribution in [0.5, 0.6) is 5.75 Å². The van der Waals surface area contributed by atoms with E-state index in [1.807, 2.05) is 11.4 Å². The lowest BCUT2D eigenvalue weighted by molar-refractivity contribution is 0.0955. The Kier molecular flexibility index (Phi) is 4.70. The second-order valence-corrected chi connectivity index (χ2v) is 5.45. The minimum absolute atomic E-state index is 0.255. The van der Waals surface area contributed by atoms with Crippen LogP contribution in [0.15, 0.2) is 45.3 Å². The number of amides is 1. The summed E-state index contributed by atoms with van der Waals surface area (Å²) in [6, 6.07) is 8.76. The molecule has 4 nitrogen and oxygen atoms in total. The summed E-state index contributed by atoms with van der Waals surface area (Å²) in [6.45, 7) is 0. The number of rotatable bonds is 4. The van der Waals surface area contributed by atoms with Gasteiger partial charge < -0.3 is 4.74 Å². The first-order valence-corrected chi connectivity index (χ1v) is 7.08. The van der Waals surface area contributed by atoms with E-state index in [9.17, 15) is 4.79 Å². The van der Waals surface area contributed by atoms with Crippen LogP contribution in [0.25, 0.3) is 0 Å². The Morgan fingerprint density at radius 2 is 2.16 bits per heavy atom. The van der Waals surface area contributed by atoms with Gasteiger partial charge in [-0.2, -0.15) is 5.10 Å². The molecule has 2 rings (SSSR count). The molecule has 98 valence electrons. The number of hydrogen-bond donors (Lipinski definition) is 1. The van der Waals surface area contributed by atoms with Crippen LogP contribution in [0.2, 0.25) is 0 Å². The molecule has 1 amide bonds. The van der Waals surface area contributed by atoms with Crippen LogP contribution in [0, 0.1) is 0 Å². The molecular weight excluding hydrogens is 328 g/mol. The summed E-state index contributed by atoms with van der Waals surface area (Å²) in [5, 5.41) is 5.86. The fourth-order valence-corrected chi connectivity index (χ4v) is 2.66. The molecule has 0 aliphatic carbocycles. The average molecular weight is 339 g/mol. The lowest BCUT2D eigenvalue weighted by Crippen LogP contribution is -2.17. The second-order valence-electron chi connectivity index (χ2n) is 3.59. The van der Waals surface area contributed by atoms with E-state index in [0.29, 0.717) is 11.3 Å². The first-order valence-electron chi connectivity index (χ1n) is 5.40. The van der Waals surface area contributed by atoms with Gasteiger partial charge in [0.05, 0.1) is 13.3 Å². The zero-order chi connectivity index (χ0) is 13.7. The minimum Gasteiger partial charge on any atom is -0.497 e. The minimum atomic E-state index is -0.255. The van der Waals surface area contributed by atoms with E-state index in [2.05, 4.69) is 26.5 Å². The highest BCUT2D eigenvalue weighted by Gasteiger charge is 2.03. The fourth-order valence-electron chi connectivity index (χ4n) is 1.36. The molecule has 0 saturated heterocycles. The van der Waals surface area contributed by atoms with Gasteiger partial charge in [0.15, 0.2) is 0 Å². The largest absolute Gasteiger partial charge is 0.497 e. The topological polar surface area (TPSA) is 50.7 Å². The van der Waals surface area contributed by atoms with Crippen molar-refractivity contribution in [2.75, 3.05) is 7.11 Å². The molecule has 0 atom stereocenters. The van der Waals surface area contributed by atoms with Gasteiger partial charge in [-0.15, -0.1) is 11.3 Å². The van der Waals surface area contributed by atoms with Crippen LogP contribution >= 0.6 is 27.3 Å². The highest BCUT2D eigenvalue weighted by Crippen LogP contribution is 2.17. The number of carbonyl (C=O) groups excluding carboxylic acids is 1. The van der Waals surface area contributed by atoms with Gasteiger partial charge in [0.25, 0.3) is 5.91 Å². The average Bonchev–Trinajstić information content (AvgIpc) is 2.84. The zero-order valence-corrected chi connectivity index (χ0v) is 12.5. The first kappa shape index (κ1) is 13.8. The number of thiophene rings is 1. The standard InChI is InChI=1S/C13H11BrN2O2S/c1-18-11-4-2-9(3-5-11)13(17)16-15-7-12-6-10(14)8-19-12/h2-8H,1H3,(H,16,17)/b15-7-. The van der Waals surface area contributed by atoms with E-state index < -0.39 is 0 Å². The summed E-state index contributed by atoms with van der Waals surface area (Å²) in [6.07, 6.45) is 1.61. The SMILES string of the molecule is COc1ccc(C(=O)N/N=C\c2cc(Br)cs2)cc1. The van der Waals surface area contributed by atoms with Crippen molar-refractivity contribution < 1.29 is 9.53 Å². The Balaban J connectivity index is 1.95. The molecule has 2 aromatic rings. The predicted molar refractivity (Wildman–Crippen MR) is 80.1 cm³/mol. The molecule has 0 radical (unpaired) electrons. The quantitative estimate of drug-likeness (QED) is 0.687.